The van der Waals surface area contributed by atoms with E-state index in [-0.39, 0.29) is 26.0 Å². The van der Waals surface area contributed by atoms with Gasteiger partial charge in [-0.1, -0.05) is 54.2 Å². The highest BCUT2D eigenvalue weighted by atomic mass is 32.2. The molecule has 10 heteroatoms. The third-order valence-electron chi connectivity index (χ3n) is 6.48. The van der Waals surface area contributed by atoms with Gasteiger partial charge in [0.05, 0.1) is 0 Å². The summed E-state index contributed by atoms with van der Waals surface area (Å²) in [5, 5.41) is -0.152. The maximum Gasteiger partial charge on any atom is 0.380 e. The molecule has 1 nitrogen and oxygen atoms in total. The monoisotopic (exact) mass is 594 g/mol. The average molecular weight is 595 g/mol. The lowest BCUT2D eigenvalue weighted by Gasteiger charge is -2.25. The van der Waals surface area contributed by atoms with Crippen LogP contribution in [0.5, 0.6) is 0 Å². The molecule has 0 unspecified atom stereocenters. The van der Waals surface area contributed by atoms with Crippen LogP contribution in [0.1, 0.15) is 27.8 Å². The number of thioether (sulfide) groups is 1. The summed E-state index contributed by atoms with van der Waals surface area (Å²) in [4.78, 5) is 13.5. The van der Waals surface area contributed by atoms with Gasteiger partial charge in [0, 0.05) is 42.5 Å². The summed E-state index contributed by atoms with van der Waals surface area (Å²) >= 11 is 3.10. The third-order valence-corrected chi connectivity index (χ3v) is 9.46. The van der Waals surface area contributed by atoms with Crippen molar-refractivity contribution in [3.63, 3.8) is 0 Å². The first-order chi connectivity index (χ1) is 18.3. The molecule has 202 valence electrons. The second kappa shape index (κ2) is 9.67. The van der Waals surface area contributed by atoms with Crippen LogP contribution in [0.3, 0.4) is 0 Å². The number of carbonyl (C=O) groups is 1. The molecule has 0 saturated heterocycles. The molecule has 0 radical (unpaired) electrons. The quantitative estimate of drug-likeness (QED) is 0.169. The smallest absolute Gasteiger partial charge is 0.287 e. The van der Waals surface area contributed by atoms with Crippen LogP contribution >= 0.6 is 34.4 Å². The Bertz CT molecular complexity index is 1610. The number of allylic oxidation sites excluding steroid dienone is 2. The highest BCUT2D eigenvalue weighted by Crippen LogP contribution is 2.66. The van der Waals surface area contributed by atoms with E-state index in [0.717, 1.165) is 34.4 Å². The lowest BCUT2D eigenvalue weighted by Crippen LogP contribution is -2.48. The standard InChI is InChI=1S/C29H20F6OS3/c1-15-21(13-23(37-15)18-8-5-4-6-9-18)25-26(28(32,33)29(34,35)27(25,30)31)22-14-24(38-16(22)2)19-10-7-11-20(12-19)39-17(3)36/h4-14H,1-3H3. The van der Waals surface area contributed by atoms with Crippen molar-refractivity contribution in [1.29, 1.82) is 0 Å². The van der Waals surface area contributed by atoms with Crippen molar-refractivity contribution in [2.24, 2.45) is 0 Å². The number of rotatable bonds is 5. The normalized spacial score (nSPS) is 17.6. The van der Waals surface area contributed by atoms with Gasteiger partial charge >= 0.3 is 17.8 Å². The van der Waals surface area contributed by atoms with E-state index in [2.05, 4.69) is 0 Å². The van der Waals surface area contributed by atoms with Crippen LogP contribution < -0.4 is 0 Å². The Morgan fingerprint density at radius 2 is 1.18 bits per heavy atom. The zero-order valence-electron chi connectivity index (χ0n) is 20.8. The van der Waals surface area contributed by atoms with Gasteiger partial charge in [-0.2, -0.15) is 26.3 Å². The van der Waals surface area contributed by atoms with Gasteiger partial charge in [0.2, 0.25) is 0 Å². The van der Waals surface area contributed by atoms with E-state index in [0.29, 0.717) is 25.8 Å². The molecule has 1 aliphatic rings. The van der Waals surface area contributed by atoms with Gasteiger partial charge in [0.15, 0.2) is 5.12 Å². The maximum atomic E-state index is 15.4. The van der Waals surface area contributed by atoms with Crippen LogP contribution in [0.4, 0.5) is 26.3 Å². The zero-order valence-corrected chi connectivity index (χ0v) is 23.2. The summed E-state index contributed by atoms with van der Waals surface area (Å²) in [5.74, 6) is -15.9. The summed E-state index contributed by atoms with van der Waals surface area (Å²) in [6.07, 6.45) is 0. The van der Waals surface area contributed by atoms with Gasteiger partial charge < -0.3 is 0 Å². The predicted octanol–water partition coefficient (Wildman–Crippen LogP) is 10.2. The van der Waals surface area contributed by atoms with E-state index >= 15 is 17.6 Å². The van der Waals surface area contributed by atoms with E-state index < -0.39 is 28.9 Å². The molecule has 39 heavy (non-hydrogen) atoms. The van der Waals surface area contributed by atoms with Crippen LogP contribution in [0.2, 0.25) is 0 Å². The summed E-state index contributed by atoms with van der Waals surface area (Å²) in [7, 11) is 0. The van der Waals surface area contributed by atoms with Crippen LogP contribution in [-0.2, 0) is 4.79 Å². The van der Waals surface area contributed by atoms with Crippen LogP contribution in [-0.4, -0.2) is 22.9 Å². The van der Waals surface area contributed by atoms with Crippen molar-refractivity contribution in [2.45, 2.75) is 43.4 Å². The number of hydrogen-bond donors (Lipinski definition) is 0. The SMILES string of the molecule is CC(=O)Sc1cccc(-c2cc(C3=C(c4cc(-c5ccccc5)sc4C)C(F)(F)C(F)(F)C3(F)F)c(C)s2)c1. The first-order valence-electron chi connectivity index (χ1n) is 11.7. The molecule has 0 spiro atoms. The lowest BCUT2D eigenvalue weighted by atomic mass is 9.94. The number of halogens is 6. The fourth-order valence-electron chi connectivity index (χ4n) is 4.66. The second-order valence-corrected chi connectivity index (χ2v) is 12.9. The molecule has 0 N–H and O–H groups in total. The lowest BCUT2D eigenvalue weighted by molar-refractivity contribution is -0.254. The van der Waals surface area contributed by atoms with E-state index in [9.17, 15) is 13.6 Å². The molecule has 0 amide bonds. The van der Waals surface area contributed by atoms with Crippen molar-refractivity contribution in [3.8, 4) is 20.9 Å². The molecule has 4 aromatic rings. The highest BCUT2D eigenvalue weighted by Gasteiger charge is 2.80. The molecule has 2 aromatic heterocycles. The maximum absolute atomic E-state index is 15.4. The Hall–Kier alpha value is -2.82. The Morgan fingerprint density at radius 3 is 1.69 bits per heavy atom. The molecule has 0 saturated carbocycles. The predicted molar refractivity (Wildman–Crippen MR) is 147 cm³/mol. The molecule has 0 aliphatic heterocycles. The van der Waals surface area contributed by atoms with Gasteiger partial charge in [-0.15, -0.1) is 22.7 Å². The molecular formula is C29H20F6OS3. The minimum atomic E-state index is -5.63. The second-order valence-electron chi connectivity index (χ2n) is 9.12. The molecule has 0 bridgehead atoms. The summed E-state index contributed by atoms with van der Waals surface area (Å²) in [6.45, 7) is 4.31. The third kappa shape index (κ3) is 4.46. The molecule has 0 atom stereocenters. The summed E-state index contributed by atoms with van der Waals surface area (Å²) < 4.78 is 91.5. The van der Waals surface area contributed by atoms with Gasteiger partial charge in [0.25, 0.3) is 0 Å². The largest absolute Gasteiger partial charge is 0.380 e. The number of hydrogen-bond acceptors (Lipinski definition) is 4. The number of thiophene rings is 2. The zero-order chi connectivity index (χ0) is 28.3. The van der Waals surface area contributed by atoms with E-state index in [4.69, 9.17) is 0 Å². The Kier molecular flexibility index (Phi) is 6.88. The van der Waals surface area contributed by atoms with Crippen LogP contribution in [0, 0.1) is 13.8 Å². The van der Waals surface area contributed by atoms with Gasteiger partial charge in [0.1, 0.15) is 0 Å². The Morgan fingerprint density at radius 1 is 0.692 bits per heavy atom. The minimum absolute atomic E-state index is 0.152. The number of benzene rings is 2. The van der Waals surface area contributed by atoms with Crippen molar-refractivity contribution >= 4 is 50.7 Å². The minimum Gasteiger partial charge on any atom is -0.287 e. The van der Waals surface area contributed by atoms with Gasteiger partial charge in [-0.3, -0.25) is 4.79 Å². The molecule has 2 aromatic carbocycles. The molecule has 0 fully saturated rings. The van der Waals surface area contributed by atoms with E-state index in [1.165, 1.54) is 32.9 Å². The fourth-order valence-corrected chi connectivity index (χ4v) is 7.38. The first-order valence-corrected chi connectivity index (χ1v) is 14.1. The van der Waals surface area contributed by atoms with Crippen molar-refractivity contribution < 1.29 is 31.1 Å². The fraction of sp³-hybridized carbons (Fsp3) is 0.207. The summed E-state index contributed by atoms with van der Waals surface area (Å²) in [5.41, 5.74) is -2.14. The Labute approximate surface area is 233 Å². The van der Waals surface area contributed by atoms with E-state index in [1.807, 2.05) is 0 Å². The first kappa shape index (κ1) is 27.7. The van der Waals surface area contributed by atoms with Crippen molar-refractivity contribution in [3.05, 3.63) is 87.6 Å². The highest BCUT2D eigenvalue weighted by molar-refractivity contribution is 8.13. The number of aryl methyl sites for hydroxylation is 2. The molecule has 1 aliphatic carbocycles. The van der Waals surface area contributed by atoms with Crippen LogP contribution in [0.25, 0.3) is 32.0 Å². The van der Waals surface area contributed by atoms with Gasteiger partial charge in [-0.25, -0.2) is 0 Å². The molecule has 2 heterocycles. The molecule has 5 rings (SSSR count). The van der Waals surface area contributed by atoms with Crippen molar-refractivity contribution in [1.82, 2.24) is 0 Å². The van der Waals surface area contributed by atoms with Crippen molar-refractivity contribution in [2.75, 3.05) is 0 Å². The molecular weight excluding hydrogens is 575 g/mol. The van der Waals surface area contributed by atoms with E-state index in [1.54, 1.807) is 54.6 Å². The van der Waals surface area contributed by atoms with Gasteiger partial charge in [-0.05, 0) is 60.4 Å². The summed E-state index contributed by atoms with van der Waals surface area (Å²) in [6, 6.07) is 18.0. The Balaban J connectivity index is 1.73. The number of alkyl halides is 6. The number of carbonyl (C=O) groups excluding carboxylic acids is 1. The average Bonchev–Trinajstić information content (AvgIpc) is 3.46. The van der Waals surface area contributed by atoms with Crippen LogP contribution in [0.15, 0.2) is 71.6 Å². The topological polar surface area (TPSA) is 17.1 Å².